The number of para-hydroxylation sites is 1. The monoisotopic (exact) mass is 1050 g/mol. The Hall–Kier alpha value is -7.96. The predicted molar refractivity (Wildman–Crippen MR) is 342 cm³/mol. The highest BCUT2D eigenvalue weighted by atomic mass is 16.5. The summed E-state index contributed by atoms with van der Waals surface area (Å²) in [6.45, 7) is 33.6. The van der Waals surface area contributed by atoms with E-state index in [-0.39, 0.29) is 33.8 Å². The number of benzene rings is 9. The van der Waals surface area contributed by atoms with Crippen molar-refractivity contribution in [1.29, 1.82) is 0 Å². The lowest BCUT2D eigenvalue weighted by Crippen LogP contribution is -2.59. The summed E-state index contributed by atoms with van der Waals surface area (Å²) >= 11 is 0. The van der Waals surface area contributed by atoms with Crippen molar-refractivity contribution in [3.63, 3.8) is 0 Å². The van der Waals surface area contributed by atoms with E-state index >= 15 is 0 Å². The summed E-state index contributed by atoms with van der Waals surface area (Å²) in [7, 11) is 0. The van der Waals surface area contributed by atoms with E-state index in [1.54, 1.807) is 0 Å². The van der Waals surface area contributed by atoms with Gasteiger partial charge < -0.3 is 23.9 Å². The summed E-state index contributed by atoms with van der Waals surface area (Å²) in [6.07, 6.45) is 0. The van der Waals surface area contributed by atoms with Gasteiger partial charge in [0.25, 0.3) is 6.71 Å². The normalized spacial score (nSPS) is 13.7. The van der Waals surface area contributed by atoms with Crippen LogP contribution < -0.4 is 35.8 Å². The average Bonchev–Trinajstić information content (AvgIpc) is 3.90. The van der Waals surface area contributed by atoms with E-state index in [1.807, 2.05) is 12.1 Å². The van der Waals surface area contributed by atoms with Gasteiger partial charge in [-0.15, -0.1) is 0 Å². The predicted octanol–water partition coefficient (Wildman–Crippen LogP) is 19.4. The molecule has 2 aliphatic heterocycles. The summed E-state index contributed by atoms with van der Waals surface area (Å²) in [5, 5.41) is 2.04. The number of anilines is 9. The molecule has 0 amide bonds. The number of nitrogens with zero attached hydrogens (tertiary/aromatic N) is 3. The molecule has 0 radical (unpaired) electrons. The second kappa shape index (κ2) is 18.8. The molecule has 0 bridgehead atoms. The van der Waals surface area contributed by atoms with Crippen molar-refractivity contribution in [3.8, 4) is 11.5 Å². The highest BCUT2D eigenvalue weighted by Crippen LogP contribution is 2.50. The minimum Gasteiger partial charge on any atom is -0.458 e. The van der Waals surface area contributed by atoms with Crippen LogP contribution in [0.5, 0.6) is 11.5 Å². The van der Waals surface area contributed by atoms with E-state index in [1.165, 1.54) is 27.8 Å². The quantitative estimate of drug-likeness (QED) is 0.149. The van der Waals surface area contributed by atoms with Crippen LogP contribution in [0.1, 0.15) is 133 Å². The van der Waals surface area contributed by atoms with Crippen LogP contribution in [0, 0.1) is 0 Å². The maximum Gasteiger partial charge on any atom is 0.261 e. The van der Waals surface area contributed by atoms with Gasteiger partial charge in [0.05, 0.1) is 12.4 Å². The standard InChI is InChI=1S/C74H76BN3O2/c1-70(2,3)47-23-33-52(34-24-47)76(53-35-25-48(26-36-53)71(4,5)6)57-43-44-59-61(45-57)78(56-41-31-51(32-42-56)74(13,14)15)60-20-18-22-64-67(60)75(59)68-65(79-64)46-62(66-58-19-16-17-21-63(58)80-69(66)68)77(54-37-27-49(28-38-54)72(7,8)9)55-39-29-50(30-40-55)73(10,11)12/h16-46H,1-15H3/i18D. The van der Waals surface area contributed by atoms with Crippen molar-refractivity contribution in [2.45, 2.75) is 131 Å². The van der Waals surface area contributed by atoms with Crippen LogP contribution in [-0.4, -0.2) is 6.71 Å². The van der Waals surface area contributed by atoms with Gasteiger partial charge >= 0.3 is 0 Å². The molecule has 0 atom stereocenters. The third kappa shape index (κ3) is 9.25. The Balaban J connectivity index is 1.13. The second-order valence-electron chi connectivity index (χ2n) is 27.5. The molecular weight excluding hydrogens is 974 g/mol. The number of fused-ring (bicyclic) bond motifs is 8. The van der Waals surface area contributed by atoms with E-state index in [4.69, 9.17) is 9.15 Å². The third-order valence-electron chi connectivity index (χ3n) is 16.7. The first-order chi connectivity index (χ1) is 38.2. The number of hydrogen-bond acceptors (Lipinski definition) is 5. The van der Waals surface area contributed by atoms with Crippen molar-refractivity contribution >= 4 is 96.2 Å². The topological polar surface area (TPSA) is 32.1 Å². The molecule has 0 N–H and O–H groups in total. The van der Waals surface area contributed by atoms with E-state index in [0.29, 0.717) is 17.5 Å². The molecule has 80 heavy (non-hydrogen) atoms. The summed E-state index contributed by atoms with van der Waals surface area (Å²) < 4.78 is 24.3. The van der Waals surface area contributed by atoms with Gasteiger partial charge in [-0.2, -0.15) is 0 Å². The van der Waals surface area contributed by atoms with E-state index < -0.39 is 0 Å². The van der Waals surface area contributed by atoms with Gasteiger partial charge in [-0.05, 0) is 157 Å². The van der Waals surface area contributed by atoms with Crippen LogP contribution in [0.4, 0.5) is 51.2 Å². The van der Waals surface area contributed by atoms with Gasteiger partial charge in [0.2, 0.25) is 0 Å². The molecule has 0 fully saturated rings. The first-order valence-electron chi connectivity index (χ1n) is 29.1. The molecular formula is C74H76BN3O2. The lowest BCUT2D eigenvalue weighted by Gasteiger charge is -2.41. The minimum absolute atomic E-state index is 0.00473. The van der Waals surface area contributed by atoms with Crippen molar-refractivity contribution in [2.75, 3.05) is 14.7 Å². The van der Waals surface area contributed by atoms with Crippen molar-refractivity contribution in [2.24, 2.45) is 0 Å². The fourth-order valence-corrected chi connectivity index (χ4v) is 12.0. The lowest BCUT2D eigenvalue weighted by atomic mass is 9.34. The van der Waals surface area contributed by atoms with E-state index in [9.17, 15) is 1.37 Å². The number of ether oxygens (including phenoxy) is 1. The number of furan rings is 1. The van der Waals surface area contributed by atoms with Crippen molar-refractivity contribution < 1.29 is 10.5 Å². The molecule has 0 saturated heterocycles. The van der Waals surface area contributed by atoms with Gasteiger partial charge in [0, 0.05) is 62.4 Å². The van der Waals surface area contributed by atoms with Crippen LogP contribution in [0.3, 0.4) is 0 Å². The summed E-state index contributed by atoms with van der Waals surface area (Å²) in [6, 6.07) is 67.2. The molecule has 0 saturated carbocycles. The molecule has 3 heterocycles. The second-order valence-corrected chi connectivity index (χ2v) is 27.5. The molecule has 0 unspecified atom stereocenters. The van der Waals surface area contributed by atoms with Crippen LogP contribution >= 0.6 is 0 Å². The Morgan fingerprint density at radius 1 is 0.412 bits per heavy atom. The van der Waals surface area contributed by atoms with Gasteiger partial charge in [0.1, 0.15) is 22.7 Å². The smallest absolute Gasteiger partial charge is 0.261 e. The zero-order valence-electron chi connectivity index (χ0n) is 50.6. The van der Waals surface area contributed by atoms with E-state index in [0.717, 1.165) is 89.5 Å². The minimum atomic E-state index is -0.332. The lowest BCUT2D eigenvalue weighted by molar-refractivity contribution is 0.487. The number of rotatable bonds is 7. The van der Waals surface area contributed by atoms with Gasteiger partial charge in [-0.1, -0.05) is 195 Å². The average molecular weight is 1050 g/mol. The van der Waals surface area contributed by atoms with Gasteiger partial charge in [-0.3, -0.25) is 0 Å². The van der Waals surface area contributed by atoms with Crippen LogP contribution in [0.2, 0.25) is 0 Å². The molecule has 402 valence electrons. The Labute approximate surface area is 477 Å². The highest BCUT2D eigenvalue weighted by molar-refractivity contribution is 7.00. The first kappa shape index (κ1) is 51.5. The van der Waals surface area contributed by atoms with Crippen LogP contribution in [0.25, 0.3) is 21.9 Å². The molecule has 5 nitrogen and oxygen atoms in total. The van der Waals surface area contributed by atoms with Crippen LogP contribution in [0.15, 0.2) is 192 Å². The zero-order chi connectivity index (χ0) is 57.3. The van der Waals surface area contributed by atoms with Crippen molar-refractivity contribution in [1.82, 2.24) is 0 Å². The molecule has 1 aromatic heterocycles. The van der Waals surface area contributed by atoms with Crippen LogP contribution in [-0.2, 0) is 27.1 Å². The maximum atomic E-state index is 9.58. The Kier molecular flexibility index (Phi) is 12.1. The number of hydrogen-bond donors (Lipinski definition) is 0. The van der Waals surface area contributed by atoms with Gasteiger partial charge in [-0.25, -0.2) is 0 Å². The first-order valence-corrected chi connectivity index (χ1v) is 28.6. The van der Waals surface area contributed by atoms with E-state index in [2.05, 4.69) is 288 Å². The summed E-state index contributed by atoms with van der Waals surface area (Å²) in [5.74, 6) is 1.36. The summed E-state index contributed by atoms with van der Waals surface area (Å²) in [5.41, 5.74) is 20.0. The highest BCUT2D eigenvalue weighted by Gasteiger charge is 2.45. The Morgan fingerprint density at radius 2 is 0.850 bits per heavy atom. The Bertz CT molecular complexity index is 3920. The summed E-state index contributed by atoms with van der Waals surface area (Å²) in [4.78, 5) is 7.13. The molecule has 12 rings (SSSR count). The van der Waals surface area contributed by atoms with Gasteiger partial charge in [0.15, 0.2) is 0 Å². The molecule has 0 aliphatic carbocycles. The zero-order valence-corrected chi connectivity index (χ0v) is 49.6. The SMILES string of the molecule is [2H]c1cc2c3c(c1)N(c1ccc(C(C)(C)C)cc1)c1cc(N(c4ccc(C(C)(C)C)cc4)c4ccc(C(C)(C)C)cc4)ccc1B3c1c(cc(N(c3ccc(C(C)(C)C)cc3)c3ccc(C(C)(C)C)cc3)c3c1oc1ccccc13)O2. The molecule has 9 aromatic carbocycles. The molecule has 10 aromatic rings. The maximum absolute atomic E-state index is 9.58. The van der Waals surface area contributed by atoms with Crippen molar-refractivity contribution in [3.05, 3.63) is 216 Å². The fraction of sp³-hybridized carbons (Fsp3) is 0.270. The fourth-order valence-electron chi connectivity index (χ4n) is 12.0. The third-order valence-corrected chi connectivity index (χ3v) is 16.7. The Morgan fingerprint density at radius 3 is 1.32 bits per heavy atom. The molecule has 6 heteroatoms. The molecule has 0 spiro atoms. The largest absolute Gasteiger partial charge is 0.458 e. The molecule has 2 aliphatic rings.